The molecule has 5 aromatic rings. The number of carbonyl (C=O) groups is 2. The van der Waals surface area contributed by atoms with Gasteiger partial charge in [0, 0.05) is 36.8 Å². The van der Waals surface area contributed by atoms with Gasteiger partial charge < -0.3 is 15.6 Å². The average molecular weight is 555 g/mol. The molecule has 0 saturated heterocycles. The normalized spacial score (nSPS) is 12.2. The number of nitrogens with zero attached hydrogens (tertiary/aromatic N) is 1. The first-order chi connectivity index (χ1) is 20.5. The predicted molar refractivity (Wildman–Crippen MR) is 163 cm³/mol. The van der Waals surface area contributed by atoms with Crippen molar-refractivity contribution in [3.05, 3.63) is 154 Å². The van der Waals surface area contributed by atoms with Crippen LogP contribution in [0.5, 0.6) is 17.2 Å². The van der Waals surface area contributed by atoms with Gasteiger partial charge in [-0.25, -0.2) is 0 Å². The quantitative estimate of drug-likeness (QED) is 0.151. The molecule has 208 valence electrons. The molecule has 5 aromatic carbocycles. The van der Waals surface area contributed by atoms with E-state index in [1.54, 1.807) is 24.3 Å². The van der Waals surface area contributed by atoms with Crippen LogP contribution in [0.25, 0.3) is 0 Å². The van der Waals surface area contributed by atoms with E-state index in [1.807, 2.05) is 36.4 Å². The van der Waals surface area contributed by atoms with Gasteiger partial charge in [-0.3, -0.25) is 14.5 Å². The Balaban J connectivity index is 1.17. The van der Waals surface area contributed by atoms with Gasteiger partial charge in [0.05, 0.1) is 16.8 Å². The van der Waals surface area contributed by atoms with Gasteiger partial charge in [0.25, 0.3) is 0 Å². The summed E-state index contributed by atoms with van der Waals surface area (Å²) in [6.07, 6.45) is 0.845. The van der Waals surface area contributed by atoms with E-state index < -0.39 is 11.6 Å². The number of anilines is 1. The zero-order valence-corrected chi connectivity index (χ0v) is 23.0. The van der Waals surface area contributed by atoms with E-state index in [2.05, 4.69) is 53.4 Å². The van der Waals surface area contributed by atoms with Crippen LogP contribution in [-0.4, -0.2) is 28.1 Å². The smallest absolute Gasteiger partial charge is 0.198 e. The Morgan fingerprint density at radius 2 is 1.17 bits per heavy atom. The van der Waals surface area contributed by atoms with Gasteiger partial charge in [-0.1, -0.05) is 97.1 Å². The van der Waals surface area contributed by atoms with Crippen molar-refractivity contribution in [2.75, 3.05) is 12.3 Å². The van der Waals surface area contributed by atoms with Crippen LogP contribution >= 0.6 is 0 Å². The number of hydrogen-bond acceptors (Lipinski definition) is 6. The van der Waals surface area contributed by atoms with Crippen LogP contribution in [0.1, 0.15) is 48.5 Å². The molecular formula is C36H30N2O4. The summed E-state index contributed by atoms with van der Waals surface area (Å²) >= 11 is 0. The first-order valence-corrected chi connectivity index (χ1v) is 13.9. The highest BCUT2D eigenvalue weighted by molar-refractivity contribution is 6.31. The molecule has 0 amide bonds. The largest absolute Gasteiger partial charge is 0.507 e. The van der Waals surface area contributed by atoms with Crippen LogP contribution < -0.4 is 10.5 Å². The van der Waals surface area contributed by atoms with Crippen LogP contribution in [-0.2, 0) is 19.5 Å². The predicted octanol–water partition coefficient (Wildman–Crippen LogP) is 6.79. The second-order valence-electron chi connectivity index (χ2n) is 10.4. The number of ketones is 2. The summed E-state index contributed by atoms with van der Waals surface area (Å²) in [7, 11) is 0. The summed E-state index contributed by atoms with van der Waals surface area (Å²) in [5.41, 5.74) is 10.5. The summed E-state index contributed by atoms with van der Waals surface area (Å²) in [6, 6.07) is 36.4. The second-order valence-corrected chi connectivity index (χ2v) is 10.4. The lowest BCUT2D eigenvalue weighted by Crippen LogP contribution is -2.25. The van der Waals surface area contributed by atoms with Crippen LogP contribution in [0.15, 0.2) is 115 Å². The topological polar surface area (TPSA) is 92.9 Å². The van der Waals surface area contributed by atoms with E-state index in [9.17, 15) is 14.7 Å². The third kappa shape index (κ3) is 5.53. The highest BCUT2D eigenvalue weighted by atomic mass is 16.5. The third-order valence-electron chi connectivity index (χ3n) is 7.55. The van der Waals surface area contributed by atoms with Crippen molar-refractivity contribution in [2.24, 2.45) is 0 Å². The van der Waals surface area contributed by atoms with Crippen LogP contribution in [0.2, 0.25) is 0 Å². The molecule has 6 heteroatoms. The fourth-order valence-corrected chi connectivity index (χ4v) is 5.39. The monoisotopic (exact) mass is 554 g/mol. The first-order valence-electron chi connectivity index (χ1n) is 13.9. The van der Waals surface area contributed by atoms with Crippen LogP contribution in [0.4, 0.5) is 5.69 Å². The first kappa shape index (κ1) is 27.0. The number of nitrogens with two attached hydrogens (primary N) is 1. The van der Waals surface area contributed by atoms with Gasteiger partial charge >= 0.3 is 0 Å². The van der Waals surface area contributed by atoms with E-state index in [4.69, 9.17) is 10.5 Å². The van der Waals surface area contributed by atoms with Crippen LogP contribution in [0, 0.1) is 0 Å². The van der Waals surface area contributed by atoms with Gasteiger partial charge in [0.1, 0.15) is 11.5 Å². The molecule has 0 aromatic heterocycles. The molecular weight excluding hydrogens is 524 g/mol. The molecule has 6 nitrogen and oxygen atoms in total. The maximum Gasteiger partial charge on any atom is 0.198 e. The maximum atomic E-state index is 13.2. The average Bonchev–Trinajstić information content (AvgIpc) is 3.02. The fraction of sp³-hybridized carbons (Fsp3) is 0.111. The van der Waals surface area contributed by atoms with E-state index in [0.29, 0.717) is 5.75 Å². The summed E-state index contributed by atoms with van der Waals surface area (Å²) in [5.74, 6) is -0.560. The molecule has 42 heavy (non-hydrogen) atoms. The molecule has 0 bridgehead atoms. The number of aromatic hydroxyl groups is 1. The van der Waals surface area contributed by atoms with Crippen molar-refractivity contribution < 1.29 is 19.4 Å². The van der Waals surface area contributed by atoms with Crippen LogP contribution in [0.3, 0.4) is 0 Å². The Morgan fingerprint density at radius 3 is 1.74 bits per heavy atom. The Hall–Kier alpha value is -5.20. The Labute approximate surface area is 244 Å². The van der Waals surface area contributed by atoms with Crippen molar-refractivity contribution in [1.82, 2.24) is 4.90 Å². The Morgan fingerprint density at radius 1 is 0.643 bits per heavy atom. The van der Waals surface area contributed by atoms with E-state index in [1.165, 1.54) is 17.2 Å². The number of nitrogen functional groups attached to an aromatic ring is 1. The molecule has 1 aliphatic carbocycles. The molecule has 0 atom stereocenters. The SMILES string of the molecule is Nc1c(Oc2ccc(CCN(Cc3ccccc3)Cc3ccccc3)cc2)cc(O)c2c1C(=O)c1ccccc1C2=O. The third-order valence-corrected chi connectivity index (χ3v) is 7.55. The molecule has 6 rings (SSSR count). The molecule has 3 N–H and O–H groups in total. The van der Waals surface area contributed by atoms with Crippen molar-refractivity contribution in [1.29, 1.82) is 0 Å². The molecule has 0 radical (unpaired) electrons. The van der Waals surface area contributed by atoms with E-state index in [-0.39, 0.29) is 39.4 Å². The molecule has 0 spiro atoms. The van der Waals surface area contributed by atoms with Gasteiger partial charge in [-0.05, 0) is 35.2 Å². The number of phenols is 1. The minimum absolute atomic E-state index is 0.0252. The zero-order valence-electron chi connectivity index (χ0n) is 23.0. The molecule has 1 aliphatic rings. The van der Waals surface area contributed by atoms with Crippen molar-refractivity contribution >= 4 is 17.3 Å². The van der Waals surface area contributed by atoms with Gasteiger partial charge in [0.15, 0.2) is 17.3 Å². The highest BCUT2D eigenvalue weighted by Crippen LogP contribution is 2.42. The van der Waals surface area contributed by atoms with Gasteiger partial charge in [-0.2, -0.15) is 0 Å². The fourth-order valence-electron chi connectivity index (χ4n) is 5.39. The van der Waals surface area contributed by atoms with Gasteiger partial charge in [-0.15, -0.1) is 0 Å². The minimum atomic E-state index is -0.436. The molecule has 0 fully saturated rings. The lowest BCUT2D eigenvalue weighted by molar-refractivity contribution is 0.0977. The maximum absolute atomic E-state index is 13.2. The lowest BCUT2D eigenvalue weighted by atomic mass is 9.82. The summed E-state index contributed by atoms with van der Waals surface area (Å²) in [6.45, 7) is 2.57. The second kappa shape index (κ2) is 11.7. The summed E-state index contributed by atoms with van der Waals surface area (Å²) in [5, 5.41) is 10.7. The zero-order chi connectivity index (χ0) is 29.1. The standard InChI is InChI=1S/C36H30N2O4/c37-34-31(21-30(39)32-33(34)36(41)29-14-8-7-13-28(29)35(32)40)42-27-17-15-24(16-18-27)19-20-38(22-25-9-3-1-4-10-25)23-26-11-5-2-6-12-26/h1-18,21,39H,19-20,22-23,37H2. The summed E-state index contributed by atoms with van der Waals surface area (Å²) in [4.78, 5) is 28.7. The molecule has 0 aliphatic heterocycles. The van der Waals surface area contributed by atoms with Gasteiger partial charge in [0.2, 0.25) is 0 Å². The Bertz CT molecular complexity index is 1710. The summed E-state index contributed by atoms with van der Waals surface area (Å²) < 4.78 is 6.01. The van der Waals surface area contributed by atoms with Crippen molar-refractivity contribution in [2.45, 2.75) is 19.5 Å². The minimum Gasteiger partial charge on any atom is -0.507 e. The number of carbonyl (C=O) groups excluding carboxylic acids is 2. The number of hydrogen-bond donors (Lipinski definition) is 2. The lowest BCUT2D eigenvalue weighted by Gasteiger charge is -2.23. The number of benzene rings is 5. The van der Waals surface area contributed by atoms with Crippen molar-refractivity contribution in [3.63, 3.8) is 0 Å². The molecule has 0 heterocycles. The number of ether oxygens (including phenoxy) is 1. The van der Waals surface area contributed by atoms with E-state index in [0.717, 1.165) is 31.6 Å². The number of phenolic OH excluding ortho intramolecular Hbond substituents is 1. The van der Waals surface area contributed by atoms with Crippen molar-refractivity contribution in [3.8, 4) is 17.2 Å². The number of fused-ring (bicyclic) bond motifs is 2. The number of rotatable bonds is 9. The van der Waals surface area contributed by atoms with E-state index >= 15 is 0 Å². The highest BCUT2D eigenvalue weighted by Gasteiger charge is 2.35. The molecule has 0 unspecified atom stereocenters. The molecule has 0 saturated carbocycles. The Kier molecular flexibility index (Phi) is 7.54.